The van der Waals surface area contributed by atoms with Crippen molar-refractivity contribution in [1.29, 1.82) is 0 Å². The van der Waals surface area contributed by atoms with Gasteiger partial charge in [-0.15, -0.1) is 0 Å². The molecule has 0 amide bonds. The van der Waals surface area contributed by atoms with Crippen LogP contribution in [0, 0.1) is 0 Å². The maximum Gasteiger partial charge on any atom is 0.0644 e. The molecule has 0 aromatic carbocycles. The molecule has 0 spiro atoms. The lowest BCUT2D eigenvalue weighted by Gasteiger charge is -2.12. The van der Waals surface area contributed by atoms with Gasteiger partial charge in [0.1, 0.15) is 0 Å². The molecule has 0 aromatic rings. The van der Waals surface area contributed by atoms with E-state index in [4.69, 9.17) is 5.84 Å². The Hall–Kier alpha value is 0.620. The second-order valence-corrected chi connectivity index (χ2v) is 3.33. The zero-order valence-corrected chi connectivity index (χ0v) is 7.33. The maximum atomic E-state index is 5.11. The monoisotopic (exact) mass is 166 g/mol. The van der Waals surface area contributed by atoms with Crippen LogP contribution in [0.4, 0.5) is 0 Å². The van der Waals surface area contributed by atoms with Crippen molar-refractivity contribution in [3.8, 4) is 0 Å². The Morgan fingerprint density at radius 1 is 1.56 bits per heavy atom. The Balaban J connectivity index is 3.22. The van der Waals surface area contributed by atoms with E-state index in [1.54, 1.807) is 0 Å². The van der Waals surface area contributed by atoms with Gasteiger partial charge in [-0.3, -0.25) is 5.84 Å². The fourth-order valence-electron chi connectivity index (χ4n) is 0.492. The number of hydrogen-bond acceptors (Lipinski definition) is 4. The van der Waals surface area contributed by atoms with Gasteiger partial charge in [-0.2, -0.15) is 25.3 Å². The van der Waals surface area contributed by atoms with Gasteiger partial charge in [0.05, 0.1) is 5.37 Å². The number of hydrogen-bond donors (Lipinski definition) is 4. The first-order chi connectivity index (χ1) is 4.20. The van der Waals surface area contributed by atoms with Gasteiger partial charge < -0.3 is 0 Å². The molecule has 0 fully saturated rings. The SMILES string of the molecule is CCC(S)CC(S)NN. The predicted octanol–water partition coefficient (Wildman–Crippen LogP) is 0.804. The van der Waals surface area contributed by atoms with Crippen LogP contribution >= 0.6 is 25.3 Å². The zero-order valence-electron chi connectivity index (χ0n) is 5.54. The quantitative estimate of drug-likeness (QED) is 0.216. The molecule has 56 valence electrons. The molecule has 0 saturated heterocycles. The third kappa shape index (κ3) is 5.08. The summed E-state index contributed by atoms with van der Waals surface area (Å²) in [5.74, 6) is 5.11. The Labute approximate surface area is 67.4 Å². The molecule has 0 aliphatic heterocycles. The van der Waals surface area contributed by atoms with Crippen LogP contribution in [0.25, 0.3) is 0 Å². The lowest BCUT2D eigenvalue weighted by molar-refractivity contribution is 0.615. The van der Waals surface area contributed by atoms with Crippen LogP contribution in [0.1, 0.15) is 19.8 Å². The minimum absolute atomic E-state index is 0.0763. The summed E-state index contributed by atoms with van der Waals surface area (Å²) < 4.78 is 0. The van der Waals surface area contributed by atoms with Crippen LogP contribution in [-0.2, 0) is 0 Å². The fourth-order valence-corrected chi connectivity index (χ4v) is 1.12. The van der Waals surface area contributed by atoms with Crippen molar-refractivity contribution in [2.45, 2.75) is 30.4 Å². The van der Waals surface area contributed by atoms with Crippen molar-refractivity contribution in [1.82, 2.24) is 5.43 Å². The Morgan fingerprint density at radius 2 is 2.11 bits per heavy atom. The average Bonchev–Trinajstić information content (AvgIpc) is 1.87. The molecule has 9 heavy (non-hydrogen) atoms. The van der Waals surface area contributed by atoms with Crippen LogP contribution in [0.2, 0.25) is 0 Å². The number of hydrazine groups is 1. The number of nitrogens with one attached hydrogen (secondary N) is 1. The second-order valence-electron chi connectivity index (χ2n) is 1.98. The lowest BCUT2D eigenvalue weighted by Crippen LogP contribution is -2.32. The molecule has 3 N–H and O–H groups in total. The van der Waals surface area contributed by atoms with E-state index in [0.29, 0.717) is 5.25 Å². The van der Waals surface area contributed by atoms with Gasteiger partial charge in [0.15, 0.2) is 0 Å². The van der Waals surface area contributed by atoms with Gasteiger partial charge in [0.25, 0.3) is 0 Å². The molecule has 0 aromatic heterocycles. The van der Waals surface area contributed by atoms with Crippen molar-refractivity contribution < 1.29 is 0 Å². The van der Waals surface area contributed by atoms with E-state index < -0.39 is 0 Å². The normalized spacial score (nSPS) is 17.3. The van der Waals surface area contributed by atoms with E-state index in [9.17, 15) is 0 Å². The fraction of sp³-hybridized carbons (Fsp3) is 1.00. The van der Waals surface area contributed by atoms with Crippen LogP contribution in [0.15, 0.2) is 0 Å². The van der Waals surface area contributed by atoms with Gasteiger partial charge >= 0.3 is 0 Å². The molecule has 0 aliphatic rings. The summed E-state index contributed by atoms with van der Waals surface area (Å²) in [6.45, 7) is 2.09. The summed E-state index contributed by atoms with van der Waals surface area (Å²) in [7, 11) is 0. The van der Waals surface area contributed by atoms with Crippen molar-refractivity contribution in [2.75, 3.05) is 0 Å². The zero-order chi connectivity index (χ0) is 7.28. The van der Waals surface area contributed by atoms with Crippen molar-refractivity contribution >= 4 is 25.3 Å². The van der Waals surface area contributed by atoms with Crippen LogP contribution in [-0.4, -0.2) is 10.6 Å². The van der Waals surface area contributed by atoms with Gasteiger partial charge in [-0.1, -0.05) is 6.92 Å². The van der Waals surface area contributed by atoms with Crippen molar-refractivity contribution in [3.63, 3.8) is 0 Å². The smallest absolute Gasteiger partial charge is 0.0644 e. The highest BCUT2D eigenvalue weighted by molar-refractivity contribution is 7.81. The summed E-state index contributed by atoms with van der Waals surface area (Å²) in [6.07, 6.45) is 1.96. The molecule has 0 heterocycles. The highest BCUT2D eigenvalue weighted by Crippen LogP contribution is 2.09. The van der Waals surface area contributed by atoms with Crippen molar-refractivity contribution in [3.05, 3.63) is 0 Å². The third-order valence-corrected chi connectivity index (χ3v) is 2.09. The minimum atomic E-state index is 0.0763. The molecule has 0 rings (SSSR count). The van der Waals surface area contributed by atoms with E-state index in [1.165, 1.54) is 0 Å². The van der Waals surface area contributed by atoms with Gasteiger partial charge in [0.2, 0.25) is 0 Å². The molecule has 0 aliphatic carbocycles. The maximum absolute atomic E-state index is 5.11. The molecule has 0 radical (unpaired) electrons. The van der Waals surface area contributed by atoms with Gasteiger partial charge in [-0.25, -0.2) is 5.43 Å². The average molecular weight is 166 g/mol. The minimum Gasteiger partial charge on any atom is -0.270 e. The Kier molecular flexibility index (Phi) is 5.78. The van der Waals surface area contributed by atoms with Crippen LogP contribution in [0.5, 0.6) is 0 Å². The second kappa shape index (κ2) is 5.41. The van der Waals surface area contributed by atoms with E-state index in [-0.39, 0.29) is 5.37 Å². The summed E-state index contributed by atoms with van der Waals surface area (Å²) in [5, 5.41) is 0.482. The highest BCUT2D eigenvalue weighted by Gasteiger charge is 2.04. The molecule has 4 heteroatoms. The summed E-state index contributed by atoms with van der Waals surface area (Å²) in [6, 6.07) is 0. The lowest BCUT2D eigenvalue weighted by atomic mass is 10.2. The van der Waals surface area contributed by atoms with E-state index in [0.717, 1.165) is 12.8 Å². The standard InChI is InChI=1S/C5H14N2S2/c1-2-4(8)3-5(9)7-6/h4-5,7-9H,2-3,6H2,1H3. The Bertz CT molecular complexity index is 62.0. The number of rotatable bonds is 4. The van der Waals surface area contributed by atoms with Gasteiger partial charge in [-0.05, 0) is 12.8 Å². The highest BCUT2D eigenvalue weighted by atomic mass is 32.1. The van der Waals surface area contributed by atoms with Crippen LogP contribution in [0.3, 0.4) is 0 Å². The molecule has 2 nitrogen and oxygen atoms in total. The molecular formula is C5H14N2S2. The first kappa shape index (κ1) is 9.62. The molecule has 0 bridgehead atoms. The molecule has 2 unspecified atom stereocenters. The molecular weight excluding hydrogens is 152 g/mol. The summed E-state index contributed by atoms with van der Waals surface area (Å²) >= 11 is 8.42. The summed E-state index contributed by atoms with van der Waals surface area (Å²) in [5.41, 5.74) is 2.55. The van der Waals surface area contributed by atoms with Crippen LogP contribution < -0.4 is 11.3 Å². The first-order valence-electron chi connectivity index (χ1n) is 3.03. The predicted molar refractivity (Wildman–Crippen MR) is 47.8 cm³/mol. The number of thiol groups is 2. The summed E-state index contributed by atoms with van der Waals surface area (Å²) in [4.78, 5) is 0. The Morgan fingerprint density at radius 3 is 2.44 bits per heavy atom. The van der Waals surface area contributed by atoms with E-state index >= 15 is 0 Å². The topological polar surface area (TPSA) is 38.0 Å². The van der Waals surface area contributed by atoms with E-state index in [1.807, 2.05) is 0 Å². The number of nitrogens with two attached hydrogens (primary N) is 1. The van der Waals surface area contributed by atoms with Gasteiger partial charge in [0, 0.05) is 5.25 Å². The first-order valence-corrected chi connectivity index (χ1v) is 4.06. The molecule has 2 atom stereocenters. The van der Waals surface area contributed by atoms with E-state index in [2.05, 4.69) is 37.6 Å². The molecule has 0 saturated carbocycles. The largest absolute Gasteiger partial charge is 0.270 e. The van der Waals surface area contributed by atoms with Crippen molar-refractivity contribution in [2.24, 2.45) is 5.84 Å². The third-order valence-electron chi connectivity index (χ3n) is 1.16.